The molecule has 0 aromatic heterocycles. The van der Waals surface area contributed by atoms with Crippen molar-refractivity contribution in [1.29, 1.82) is 0 Å². The summed E-state index contributed by atoms with van der Waals surface area (Å²) in [6.45, 7) is 6.23. The zero-order valence-corrected chi connectivity index (χ0v) is 49.4. The van der Waals surface area contributed by atoms with E-state index in [1.54, 1.807) is 0 Å². The molecule has 0 N–H and O–H groups in total. The normalized spacial score (nSPS) is 13.2. The number of carbonyl (C=O) groups excluding carboxylic acids is 3. The average molecular weight is 1060 g/mol. The Labute approximate surface area is 473 Å². The molecule has 0 spiro atoms. The molecule has 0 aliphatic carbocycles. The third-order valence-corrected chi connectivity index (χ3v) is 12.5. The number of carbonyl (C=O) groups is 3. The SMILES string of the molecule is CC/C=C\C/C=C\C/C=C\C/C=C\C/C=C\CCCCCC(=O)OC(COC(=O)CCCC/C=C\C/C=C\C/C=C\C/C=C\CC)COC(=O)CCCCCCCCCCCCCC/C=C\C/C=C\C/C=C\C/C=C\CC. The highest BCUT2D eigenvalue weighted by Gasteiger charge is 2.19. The number of unbranched alkanes of at least 4 members (excludes halogenated alkanes) is 17. The molecule has 1 atom stereocenters. The summed E-state index contributed by atoms with van der Waals surface area (Å²) in [6.07, 6.45) is 92.5. The minimum Gasteiger partial charge on any atom is -0.462 e. The van der Waals surface area contributed by atoms with Gasteiger partial charge in [0.25, 0.3) is 0 Å². The van der Waals surface area contributed by atoms with E-state index in [-0.39, 0.29) is 37.5 Å². The van der Waals surface area contributed by atoms with Crippen LogP contribution in [0.1, 0.15) is 252 Å². The Morgan fingerprint density at radius 1 is 0.260 bits per heavy atom. The van der Waals surface area contributed by atoms with Crippen molar-refractivity contribution in [3.05, 3.63) is 158 Å². The number of rotatable bonds is 54. The van der Waals surface area contributed by atoms with Crippen LogP contribution in [-0.4, -0.2) is 37.2 Å². The Hall–Kier alpha value is -4.97. The molecule has 1 unspecified atom stereocenters. The van der Waals surface area contributed by atoms with E-state index in [4.69, 9.17) is 14.2 Å². The molecule has 0 rings (SSSR count). The Kier molecular flexibility index (Phi) is 59.5. The zero-order chi connectivity index (χ0) is 55.7. The molecule has 0 aromatic rings. The topological polar surface area (TPSA) is 78.9 Å². The van der Waals surface area contributed by atoms with Crippen LogP contribution in [0.25, 0.3) is 0 Å². The second kappa shape index (κ2) is 63.6. The average Bonchev–Trinajstić information content (AvgIpc) is 3.43. The van der Waals surface area contributed by atoms with Crippen molar-refractivity contribution in [3.8, 4) is 0 Å². The molecular weight excluding hydrogens is 949 g/mol. The standard InChI is InChI=1S/C71H112O6/c1-4-7-10-13-16-19-22-25-28-30-32-33-34-35-36-37-39-40-43-46-49-52-55-58-61-64-70(73)76-67-68(66-75-69(72)63-60-57-54-51-48-45-42-27-24-21-18-15-12-9-6-3)77-71(74)65-62-59-56-53-50-47-44-41-38-31-29-26-23-20-17-14-11-8-5-2/h7-12,16-21,25-29,32-33,38,41-42,47-48,50-51,68H,4-6,13-15,22-24,30-31,34-37,39-40,43-46,49,52-67H2,1-3H3/b10-7-,11-8-,12-9-,19-16-,20-17-,21-18-,28-25-,29-26-,33-32-,41-38-,42-27-,50-47-,51-48-. The molecule has 6 nitrogen and oxygen atoms in total. The van der Waals surface area contributed by atoms with E-state index >= 15 is 0 Å². The molecule has 0 amide bonds. The smallest absolute Gasteiger partial charge is 0.306 e. The van der Waals surface area contributed by atoms with Crippen molar-refractivity contribution in [2.24, 2.45) is 0 Å². The number of hydrogen-bond acceptors (Lipinski definition) is 6. The van der Waals surface area contributed by atoms with Gasteiger partial charge in [0.15, 0.2) is 6.10 Å². The van der Waals surface area contributed by atoms with Crippen LogP contribution in [0.3, 0.4) is 0 Å². The van der Waals surface area contributed by atoms with Gasteiger partial charge >= 0.3 is 17.9 Å². The lowest BCUT2D eigenvalue weighted by atomic mass is 10.0. The fraction of sp³-hybridized carbons (Fsp3) is 0.592. The highest BCUT2D eigenvalue weighted by atomic mass is 16.6. The summed E-state index contributed by atoms with van der Waals surface area (Å²) in [5.41, 5.74) is 0. The molecule has 0 aromatic carbocycles. The lowest BCUT2D eigenvalue weighted by Crippen LogP contribution is -2.30. The predicted octanol–water partition coefficient (Wildman–Crippen LogP) is 21.3. The first kappa shape index (κ1) is 72.0. The van der Waals surface area contributed by atoms with Crippen molar-refractivity contribution in [1.82, 2.24) is 0 Å². The molecule has 432 valence electrons. The third kappa shape index (κ3) is 61.8. The largest absolute Gasteiger partial charge is 0.462 e. The molecule has 0 aliphatic heterocycles. The van der Waals surface area contributed by atoms with Gasteiger partial charge in [0.05, 0.1) is 0 Å². The Morgan fingerprint density at radius 3 is 0.766 bits per heavy atom. The Morgan fingerprint density at radius 2 is 0.468 bits per heavy atom. The van der Waals surface area contributed by atoms with Crippen LogP contribution < -0.4 is 0 Å². The van der Waals surface area contributed by atoms with Gasteiger partial charge in [-0.15, -0.1) is 0 Å². The van der Waals surface area contributed by atoms with E-state index in [0.29, 0.717) is 25.7 Å². The third-order valence-electron chi connectivity index (χ3n) is 12.5. The molecule has 0 aliphatic rings. The lowest BCUT2D eigenvalue weighted by Gasteiger charge is -2.18. The van der Waals surface area contributed by atoms with Crippen LogP contribution in [0.15, 0.2) is 158 Å². The fourth-order valence-electron chi connectivity index (χ4n) is 7.98. The molecule has 0 fully saturated rings. The van der Waals surface area contributed by atoms with Crippen LogP contribution in [0, 0.1) is 0 Å². The van der Waals surface area contributed by atoms with Crippen molar-refractivity contribution in [3.63, 3.8) is 0 Å². The summed E-state index contributed by atoms with van der Waals surface area (Å²) in [4.78, 5) is 38.3. The Bertz CT molecular complexity index is 1740. The predicted molar refractivity (Wildman–Crippen MR) is 334 cm³/mol. The summed E-state index contributed by atoms with van der Waals surface area (Å²) < 4.78 is 16.8. The van der Waals surface area contributed by atoms with E-state index in [1.165, 1.54) is 64.2 Å². The molecule has 0 radical (unpaired) electrons. The fourth-order valence-corrected chi connectivity index (χ4v) is 7.98. The molecule has 0 saturated carbocycles. The maximum atomic E-state index is 12.9. The quantitative estimate of drug-likeness (QED) is 0.0261. The second-order valence-electron chi connectivity index (χ2n) is 19.8. The maximum absolute atomic E-state index is 12.9. The van der Waals surface area contributed by atoms with E-state index in [2.05, 4.69) is 179 Å². The van der Waals surface area contributed by atoms with Crippen LogP contribution in [0.2, 0.25) is 0 Å². The van der Waals surface area contributed by atoms with E-state index in [9.17, 15) is 14.4 Å². The van der Waals surface area contributed by atoms with Crippen LogP contribution in [-0.2, 0) is 28.6 Å². The van der Waals surface area contributed by atoms with Crippen LogP contribution >= 0.6 is 0 Å². The first-order valence-electron chi connectivity index (χ1n) is 31.0. The van der Waals surface area contributed by atoms with Crippen LogP contribution in [0.5, 0.6) is 0 Å². The molecule has 0 heterocycles. The second-order valence-corrected chi connectivity index (χ2v) is 19.8. The summed E-state index contributed by atoms with van der Waals surface area (Å²) >= 11 is 0. The van der Waals surface area contributed by atoms with E-state index in [0.717, 1.165) is 135 Å². The Balaban J connectivity index is 4.46. The summed E-state index contributed by atoms with van der Waals surface area (Å²) in [5, 5.41) is 0. The van der Waals surface area contributed by atoms with Gasteiger partial charge in [-0.05, 0) is 141 Å². The first-order chi connectivity index (χ1) is 38.0. The van der Waals surface area contributed by atoms with Crippen molar-refractivity contribution in [2.45, 2.75) is 258 Å². The molecule has 0 bridgehead atoms. The lowest BCUT2D eigenvalue weighted by molar-refractivity contribution is -0.167. The van der Waals surface area contributed by atoms with Gasteiger partial charge in [-0.1, -0.05) is 249 Å². The van der Waals surface area contributed by atoms with Gasteiger partial charge in [-0.2, -0.15) is 0 Å². The van der Waals surface area contributed by atoms with Crippen molar-refractivity contribution >= 4 is 17.9 Å². The highest BCUT2D eigenvalue weighted by Crippen LogP contribution is 2.15. The summed E-state index contributed by atoms with van der Waals surface area (Å²) in [7, 11) is 0. The van der Waals surface area contributed by atoms with E-state index in [1.807, 2.05) is 0 Å². The monoisotopic (exact) mass is 1060 g/mol. The minimum absolute atomic E-state index is 0.112. The number of hydrogen-bond donors (Lipinski definition) is 0. The summed E-state index contributed by atoms with van der Waals surface area (Å²) in [6, 6.07) is 0. The molecule has 77 heavy (non-hydrogen) atoms. The zero-order valence-electron chi connectivity index (χ0n) is 49.4. The maximum Gasteiger partial charge on any atom is 0.306 e. The van der Waals surface area contributed by atoms with Gasteiger partial charge in [0.2, 0.25) is 0 Å². The van der Waals surface area contributed by atoms with Gasteiger partial charge in [0.1, 0.15) is 13.2 Å². The summed E-state index contributed by atoms with van der Waals surface area (Å²) in [5.74, 6) is -0.994. The molecule has 6 heteroatoms. The molecular formula is C71H112O6. The van der Waals surface area contributed by atoms with Crippen molar-refractivity contribution < 1.29 is 28.6 Å². The van der Waals surface area contributed by atoms with Crippen molar-refractivity contribution in [2.75, 3.05) is 13.2 Å². The van der Waals surface area contributed by atoms with Gasteiger partial charge in [-0.3, -0.25) is 14.4 Å². The minimum atomic E-state index is -0.822. The first-order valence-corrected chi connectivity index (χ1v) is 31.0. The number of allylic oxidation sites excluding steroid dienone is 26. The van der Waals surface area contributed by atoms with Gasteiger partial charge < -0.3 is 14.2 Å². The van der Waals surface area contributed by atoms with E-state index < -0.39 is 6.10 Å². The highest BCUT2D eigenvalue weighted by molar-refractivity contribution is 5.71. The van der Waals surface area contributed by atoms with Gasteiger partial charge in [-0.25, -0.2) is 0 Å². The van der Waals surface area contributed by atoms with Crippen LogP contribution in [0.4, 0.5) is 0 Å². The number of ether oxygens (including phenoxy) is 3. The molecule has 0 saturated heterocycles. The number of esters is 3. The van der Waals surface area contributed by atoms with Gasteiger partial charge in [0, 0.05) is 19.3 Å².